The number of carbonyl (C=O) groups excluding carboxylic acids is 1. The molecule has 1 N–H and O–H groups in total. The van der Waals surface area contributed by atoms with Crippen LogP contribution in [0.15, 0.2) is 54.7 Å². The van der Waals surface area contributed by atoms with Crippen molar-refractivity contribution in [1.82, 2.24) is 0 Å². The molecule has 0 atom stereocenters. The third-order valence-electron chi connectivity index (χ3n) is 4.40. The first-order valence-corrected chi connectivity index (χ1v) is 8.83. The van der Waals surface area contributed by atoms with Gasteiger partial charge in [-0.15, -0.1) is 0 Å². The summed E-state index contributed by atoms with van der Waals surface area (Å²) in [7, 11) is 3.11. The van der Waals surface area contributed by atoms with E-state index in [9.17, 15) is 4.79 Å². The average molecular weight is 368 g/mol. The Bertz CT molecular complexity index is 796. The van der Waals surface area contributed by atoms with Crippen LogP contribution in [0.5, 0.6) is 11.5 Å². The van der Waals surface area contributed by atoms with Crippen LogP contribution in [-0.4, -0.2) is 46.3 Å². The molecule has 0 aromatic heterocycles. The third-order valence-corrected chi connectivity index (χ3v) is 4.40. The van der Waals surface area contributed by atoms with Crippen LogP contribution >= 0.6 is 0 Å². The molecule has 1 fully saturated rings. The maximum atomic E-state index is 12.3. The highest BCUT2D eigenvalue weighted by atomic mass is 16.5. The number of benzene rings is 2. The molecular formula is C21H24N2O4. The number of morpholine rings is 1. The minimum Gasteiger partial charge on any atom is -0.493 e. The van der Waals surface area contributed by atoms with Gasteiger partial charge in [0.15, 0.2) is 17.3 Å². The minimum atomic E-state index is -0.117. The van der Waals surface area contributed by atoms with Crippen molar-refractivity contribution >= 4 is 17.2 Å². The highest BCUT2D eigenvalue weighted by Crippen LogP contribution is 2.27. The quantitative estimate of drug-likeness (QED) is 0.597. The number of ether oxygens (including phenoxy) is 3. The van der Waals surface area contributed by atoms with E-state index in [1.807, 2.05) is 12.1 Å². The third kappa shape index (κ3) is 4.80. The Labute approximate surface area is 159 Å². The molecule has 6 heteroatoms. The zero-order valence-corrected chi connectivity index (χ0v) is 15.6. The summed E-state index contributed by atoms with van der Waals surface area (Å²) in [6.07, 6.45) is 3.14. The number of nitrogens with one attached hydrogen (secondary N) is 1. The molecule has 142 valence electrons. The Balaban J connectivity index is 1.59. The fourth-order valence-corrected chi connectivity index (χ4v) is 2.89. The molecule has 0 amide bonds. The minimum absolute atomic E-state index is 0.117. The maximum Gasteiger partial charge on any atom is 0.187 e. The zero-order valence-electron chi connectivity index (χ0n) is 15.6. The van der Waals surface area contributed by atoms with Gasteiger partial charge in [0.05, 0.1) is 27.4 Å². The number of hydrogen-bond acceptors (Lipinski definition) is 6. The normalized spacial score (nSPS) is 14.2. The number of anilines is 2. The molecule has 0 aliphatic carbocycles. The number of hydrogen-bond donors (Lipinski definition) is 1. The van der Waals surface area contributed by atoms with Gasteiger partial charge in [-0.25, -0.2) is 0 Å². The largest absolute Gasteiger partial charge is 0.493 e. The lowest BCUT2D eigenvalue weighted by Crippen LogP contribution is -2.36. The van der Waals surface area contributed by atoms with Gasteiger partial charge in [0, 0.05) is 42.3 Å². The second kappa shape index (κ2) is 9.09. The molecule has 2 aromatic carbocycles. The fourth-order valence-electron chi connectivity index (χ4n) is 2.89. The Morgan fingerprint density at radius 2 is 1.74 bits per heavy atom. The van der Waals surface area contributed by atoms with Gasteiger partial charge >= 0.3 is 0 Å². The van der Waals surface area contributed by atoms with Gasteiger partial charge in [-0.05, 0) is 42.5 Å². The van der Waals surface area contributed by atoms with Gasteiger partial charge in [0.2, 0.25) is 0 Å². The van der Waals surface area contributed by atoms with E-state index < -0.39 is 0 Å². The fraction of sp³-hybridized carbons (Fsp3) is 0.286. The van der Waals surface area contributed by atoms with Crippen molar-refractivity contribution in [2.24, 2.45) is 0 Å². The first-order valence-electron chi connectivity index (χ1n) is 8.83. The van der Waals surface area contributed by atoms with Crippen LogP contribution in [-0.2, 0) is 4.74 Å². The predicted molar refractivity (Wildman–Crippen MR) is 106 cm³/mol. The average Bonchev–Trinajstić information content (AvgIpc) is 2.74. The highest BCUT2D eigenvalue weighted by Gasteiger charge is 2.11. The van der Waals surface area contributed by atoms with Gasteiger partial charge < -0.3 is 24.4 Å². The second-order valence-corrected chi connectivity index (χ2v) is 6.06. The molecule has 6 nitrogen and oxygen atoms in total. The molecule has 1 saturated heterocycles. The lowest BCUT2D eigenvalue weighted by molar-refractivity contribution is 0.104. The molecule has 0 spiro atoms. The Morgan fingerprint density at radius 1 is 1.04 bits per heavy atom. The summed E-state index contributed by atoms with van der Waals surface area (Å²) in [5.41, 5.74) is 2.63. The monoisotopic (exact) mass is 368 g/mol. The van der Waals surface area contributed by atoms with E-state index in [4.69, 9.17) is 14.2 Å². The van der Waals surface area contributed by atoms with Crippen molar-refractivity contribution in [3.63, 3.8) is 0 Å². The Kier molecular flexibility index (Phi) is 6.33. The predicted octanol–water partition coefficient (Wildman–Crippen LogP) is 3.35. The van der Waals surface area contributed by atoms with E-state index in [0.29, 0.717) is 17.1 Å². The van der Waals surface area contributed by atoms with Gasteiger partial charge in [-0.2, -0.15) is 0 Å². The summed E-state index contributed by atoms with van der Waals surface area (Å²) in [6, 6.07) is 13.2. The summed E-state index contributed by atoms with van der Waals surface area (Å²) in [5, 5.41) is 3.13. The number of rotatable bonds is 7. The van der Waals surface area contributed by atoms with Crippen molar-refractivity contribution in [1.29, 1.82) is 0 Å². The number of ketones is 1. The summed E-state index contributed by atoms with van der Waals surface area (Å²) in [6.45, 7) is 3.35. The molecule has 2 aromatic rings. The smallest absolute Gasteiger partial charge is 0.187 e. The van der Waals surface area contributed by atoms with Crippen LogP contribution in [0.4, 0.5) is 11.4 Å². The number of nitrogens with zero attached hydrogens (tertiary/aromatic N) is 1. The maximum absolute atomic E-state index is 12.3. The van der Waals surface area contributed by atoms with Crippen LogP contribution in [0.1, 0.15) is 10.4 Å². The summed E-state index contributed by atoms with van der Waals surface area (Å²) < 4.78 is 15.8. The highest BCUT2D eigenvalue weighted by molar-refractivity contribution is 6.05. The first kappa shape index (κ1) is 18.8. The van der Waals surface area contributed by atoms with E-state index in [1.54, 1.807) is 38.6 Å². The molecule has 0 bridgehead atoms. The van der Waals surface area contributed by atoms with Crippen molar-refractivity contribution in [2.75, 3.05) is 50.7 Å². The molecule has 1 aliphatic rings. The molecule has 0 unspecified atom stereocenters. The Hall–Kier alpha value is -2.99. The number of allylic oxidation sites excluding steroid dienone is 1. The van der Waals surface area contributed by atoms with E-state index in [-0.39, 0.29) is 5.78 Å². The molecule has 1 heterocycles. The summed E-state index contributed by atoms with van der Waals surface area (Å²) in [5.74, 6) is 1.01. The van der Waals surface area contributed by atoms with Crippen molar-refractivity contribution in [3.8, 4) is 11.5 Å². The standard InChI is InChI=1S/C21H24N2O4/c1-25-20-8-3-16(15-21(20)26-2)19(24)9-10-22-17-4-6-18(7-5-17)23-11-13-27-14-12-23/h3-10,15,22H,11-14H2,1-2H3. The van der Waals surface area contributed by atoms with Gasteiger partial charge in [0.1, 0.15) is 0 Å². The van der Waals surface area contributed by atoms with Crippen molar-refractivity contribution < 1.29 is 19.0 Å². The van der Waals surface area contributed by atoms with Gasteiger partial charge in [-0.1, -0.05) is 0 Å². The number of methoxy groups -OCH3 is 2. The zero-order chi connectivity index (χ0) is 19.1. The van der Waals surface area contributed by atoms with Crippen LogP contribution in [0.25, 0.3) is 0 Å². The van der Waals surface area contributed by atoms with Gasteiger partial charge in [-0.3, -0.25) is 4.79 Å². The Morgan fingerprint density at radius 3 is 2.41 bits per heavy atom. The second-order valence-electron chi connectivity index (χ2n) is 6.06. The topological polar surface area (TPSA) is 60.0 Å². The van der Waals surface area contributed by atoms with E-state index in [2.05, 4.69) is 22.3 Å². The van der Waals surface area contributed by atoms with Crippen LogP contribution in [0.2, 0.25) is 0 Å². The van der Waals surface area contributed by atoms with Gasteiger partial charge in [0.25, 0.3) is 0 Å². The van der Waals surface area contributed by atoms with Crippen molar-refractivity contribution in [2.45, 2.75) is 0 Å². The molecular weight excluding hydrogens is 344 g/mol. The first-order chi connectivity index (χ1) is 13.2. The summed E-state index contributed by atoms with van der Waals surface area (Å²) in [4.78, 5) is 14.6. The van der Waals surface area contributed by atoms with Crippen LogP contribution < -0.4 is 19.7 Å². The molecule has 3 rings (SSSR count). The van der Waals surface area contributed by atoms with Crippen LogP contribution in [0.3, 0.4) is 0 Å². The van der Waals surface area contributed by atoms with E-state index in [1.165, 1.54) is 11.8 Å². The number of carbonyl (C=O) groups is 1. The van der Waals surface area contributed by atoms with Crippen molar-refractivity contribution in [3.05, 3.63) is 60.3 Å². The van der Waals surface area contributed by atoms with E-state index >= 15 is 0 Å². The lowest BCUT2D eigenvalue weighted by Gasteiger charge is -2.28. The van der Waals surface area contributed by atoms with E-state index in [0.717, 1.165) is 32.0 Å². The molecule has 0 radical (unpaired) electrons. The molecule has 27 heavy (non-hydrogen) atoms. The molecule has 1 aliphatic heterocycles. The summed E-state index contributed by atoms with van der Waals surface area (Å²) >= 11 is 0. The van der Waals surface area contributed by atoms with Crippen LogP contribution in [0, 0.1) is 0 Å². The molecule has 0 saturated carbocycles. The lowest BCUT2D eigenvalue weighted by atomic mass is 10.1. The SMILES string of the molecule is COc1ccc(C(=O)C=CNc2ccc(N3CCOCC3)cc2)cc1OC.